The van der Waals surface area contributed by atoms with Crippen molar-refractivity contribution in [1.82, 2.24) is 9.55 Å². The number of nitrogens with zero attached hydrogens (tertiary/aromatic N) is 2. The average Bonchev–Trinajstić information content (AvgIpc) is 2.58. The molecule has 0 unspecified atom stereocenters. The van der Waals surface area contributed by atoms with E-state index in [0.29, 0.717) is 0 Å². The van der Waals surface area contributed by atoms with Crippen molar-refractivity contribution in [2.45, 2.75) is 19.9 Å². The lowest BCUT2D eigenvalue weighted by atomic mass is 10.5. The van der Waals surface area contributed by atoms with Crippen LogP contribution in [0.1, 0.15) is 12.2 Å². The summed E-state index contributed by atoms with van der Waals surface area (Å²) < 4.78 is 12.4. The van der Waals surface area contributed by atoms with E-state index < -0.39 is 0 Å². The molecule has 4 nitrogen and oxygen atoms in total. The van der Waals surface area contributed by atoms with Gasteiger partial charge in [-0.05, 0) is 13.3 Å². The van der Waals surface area contributed by atoms with E-state index in [1.54, 1.807) is 13.3 Å². The fourth-order valence-corrected chi connectivity index (χ4v) is 1.21. The molecule has 0 atom stereocenters. The minimum Gasteiger partial charge on any atom is -0.385 e. The van der Waals surface area contributed by atoms with Gasteiger partial charge in [-0.3, -0.25) is 0 Å². The molecule has 0 fully saturated rings. The molecule has 0 N–H and O–H groups in total. The van der Waals surface area contributed by atoms with Gasteiger partial charge in [0.15, 0.2) is 0 Å². The summed E-state index contributed by atoms with van der Waals surface area (Å²) in [5, 5.41) is 0. The van der Waals surface area contributed by atoms with E-state index >= 15 is 0 Å². The molecule has 0 spiro atoms. The van der Waals surface area contributed by atoms with Crippen LogP contribution in [0.15, 0.2) is 12.4 Å². The molecule has 14 heavy (non-hydrogen) atoms. The van der Waals surface area contributed by atoms with Gasteiger partial charge in [0.05, 0.1) is 6.61 Å². The van der Waals surface area contributed by atoms with Gasteiger partial charge in [-0.2, -0.15) is 0 Å². The zero-order valence-electron chi connectivity index (χ0n) is 8.90. The third-order valence-electron chi connectivity index (χ3n) is 2.04. The first-order valence-electron chi connectivity index (χ1n) is 4.89. The topological polar surface area (TPSA) is 36.3 Å². The summed E-state index contributed by atoms with van der Waals surface area (Å²) in [5.74, 6) is 1.03. The molecular formula is C10H18N2O2. The Labute approximate surface area is 84.9 Å². The number of imidazole rings is 1. The molecule has 1 aromatic heterocycles. The molecule has 0 radical (unpaired) electrons. The van der Waals surface area contributed by atoms with Crippen LogP contribution in [-0.4, -0.2) is 36.5 Å². The quantitative estimate of drug-likeness (QED) is 0.618. The Kier molecular flexibility index (Phi) is 5.25. The molecule has 0 saturated carbocycles. The van der Waals surface area contributed by atoms with Gasteiger partial charge in [0.2, 0.25) is 0 Å². The van der Waals surface area contributed by atoms with Crippen molar-refractivity contribution in [3.8, 4) is 0 Å². The maximum atomic E-state index is 5.44. The van der Waals surface area contributed by atoms with Gasteiger partial charge in [-0.1, -0.05) is 0 Å². The predicted molar refractivity (Wildman–Crippen MR) is 54.3 cm³/mol. The van der Waals surface area contributed by atoms with E-state index in [1.807, 2.05) is 13.1 Å². The third kappa shape index (κ3) is 3.89. The second kappa shape index (κ2) is 6.56. The van der Waals surface area contributed by atoms with Crippen LogP contribution in [0.5, 0.6) is 0 Å². The van der Waals surface area contributed by atoms with Gasteiger partial charge in [-0.15, -0.1) is 0 Å². The standard InChI is InChI=1S/C10H18N2O2/c1-10-11-4-5-12(10)6-9-14-8-3-7-13-2/h4-5H,3,6-9H2,1-2H3. The van der Waals surface area contributed by atoms with E-state index in [4.69, 9.17) is 9.47 Å². The van der Waals surface area contributed by atoms with Gasteiger partial charge in [0.1, 0.15) is 5.82 Å². The van der Waals surface area contributed by atoms with Crippen molar-refractivity contribution in [3.05, 3.63) is 18.2 Å². The number of ether oxygens (including phenoxy) is 2. The predicted octanol–water partition coefficient (Wildman–Crippen LogP) is 1.24. The third-order valence-corrected chi connectivity index (χ3v) is 2.04. The second-order valence-corrected chi connectivity index (χ2v) is 3.13. The lowest BCUT2D eigenvalue weighted by Gasteiger charge is -2.05. The first kappa shape index (κ1) is 11.2. The molecule has 1 heterocycles. The summed E-state index contributed by atoms with van der Waals surface area (Å²) in [7, 11) is 1.70. The molecule has 0 aliphatic carbocycles. The largest absolute Gasteiger partial charge is 0.385 e. The van der Waals surface area contributed by atoms with Crippen molar-refractivity contribution >= 4 is 0 Å². The molecule has 0 aliphatic rings. The number of methoxy groups -OCH3 is 1. The summed E-state index contributed by atoms with van der Waals surface area (Å²) in [6.07, 6.45) is 4.73. The van der Waals surface area contributed by atoms with Crippen LogP contribution < -0.4 is 0 Å². The van der Waals surface area contributed by atoms with Crippen molar-refractivity contribution in [1.29, 1.82) is 0 Å². The maximum Gasteiger partial charge on any atom is 0.105 e. The van der Waals surface area contributed by atoms with Gasteiger partial charge in [-0.25, -0.2) is 4.98 Å². The van der Waals surface area contributed by atoms with Crippen LogP contribution >= 0.6 is 0 Å². The summed E-state index contributed by atoms with van der Waals surface area (Å²) in [4.78, 5) is 4.13. The highest BCUT2D eigenvalue weighted by atomic mass is 16.5. The van der Waals surface area contributed by atoms with Crippen molar-refractivity contribution in [3.63, 3.8) is 0 Å². The average molecular weight is 198 g/mol. The van der Waals surface area contributed by atoms with Crippen molar-refractivity contribution in [2.75, 3.05) is 26.9 Å². The molecule has 80 valence electrons. The summed E-state index contributed by atoms with van der Waals surface area (Å²) in [6.45, 7) is 5.14. The molecule has 0 bridgehead atoms. The van der Waals surface area contributed by atoms with Crippen LogP contribution in [0.4, 0.5) is 0 Å². The molecular weight excluding hydrogens is 180 g/mol. The molecule has 1 rings (SSSR count). The zero-order chi connectivity index (χ0) is 10.2. The summed E-state index contributed by atoms with van der Waals surface area (Å²) in [5.41, 5.74) is 0. The summed E-state index contributed by atoms with van der Waals surface area (Å²) >= 11 is 0. The Hall–Kier alpha value is -0.870. The summed E-state index contributed by atoms with van der Waals surface area (Å²) in [6, 6.07) is 0. The molecule has 4 heteroatoms. The normalized spacial score (nSPS) is 10.7. The number of aryl methyl sites for hydroxylation is 1. The monoisotopic (exact) mass is 198 g/mol. The Morgan fingerprint density at radius 1 is 1.36 bits per heavy atom. The Balaban J connectivity index is 2.02. The number of rotatable bonds is 7. The highest BCUT2D eigenvalue weighted by Gasteiger charge is 1.95. The first-order chi connectivity index (χ1) is 6.84. The van der Waals surface area contributed by atoms with Gasteiger partial charge < -0.3 is 14.0 Å². The fourth-order valence-electron chi connectivity index (χ4n) is 1.21. The Morgan fingerprint density at radius 2 is 2.21 bits per heavy atom. The SMILES string of the molecule is COCCCOCCn1ccnc1C. The lowest BCUT2D eigenvalue weighted by Crippen LogP contribution is -2.08. The highest BCUT2D eigenvalue weighted by molar-refractivity contribution is 4.87. The van der Waals surface area contributed by atoms with Gasteiger partial charge in [0, 0.05) is 39.3 Å². The van der Waals surface area contributed by atoms with Crippen molar-refractivity contribution in [2.24, 2.45) is 0 Å². The fraction of sp³-hybridized carbons (Fsp3) is 0.700. The maximum absolute atomic E-state index is 5.44. The zero-order valence-corrected chi connectivity index (χ0v) is 8.90. The molecule has 1 aromatic rings. The van der Waals surface area contributed by atoms with Crippen LogP contribution in [0.25, 0.3) is 0 Å². The number of hydrogen-bond donors (Lipinski definition) is 0. The molecule has 0 amide bonds. The lowest BCUT2D eigenvalue weighted by molar-refractivity contribution is 0.0974. The number of aromatic nitrogens is 2. The van der Waals surface area contributed by atoms with Gasteiger partial charge >= 0.3 is 0 Å². The minimum atomic E-state index is 0.737. The van der Waals surface area contributed by atoms with E-state index in [9.17, 15) is 0 Å². The van der Waals surface area contributed by atoms with Gasteiger partial charge in [0.25, 0.3) is 0 Å². The highest BCUT2D eigenvalue weighted by Crippen LogP contribution is 1.95. The minimum absolute atomic E-state index is 0.737. The Morgan fingerprint density at radius 3 is 2.86 bits per heavy atom. The van der Waals surface area contributed by atoms with Crippen LogP contribution in [-0.2, 0) is 16.0 Å². The number of hydrogen-bond acceptors (Lipinski definition) is 3. The van der Waals surface area contributed by atoms with E-state index in [-0.39, 0.29) is 0 Å². The van der Waals surface area contributed by atoms with E-state index in [2.05, 4.69) is 9.55 Å². The van der Waals surface area contributed by atoms with Crippen molar-refractivity contribution < 1.29 is 9.47 Å². The molecule has 0 saturated heterocycles. The van der Waals surface area contributed by atoms with E-state index in [0.717, 1.165) is 38.6 Å². The smallest absolute Gasteiger partial charge is 0.105 e. The van der Waals surface area contributed by atoms with Crippen LogP contribution in [0.3, 0.4) is 0 Å². The Bertz CT molecular complexity index is 248. The molecule has 0 aromatic carbocycles. The van der Waals surface area contributed by atoms with Crippen LogP contribution in [0.2, 0.25) is 0 Å². The van der Waals surface area contributed by atoms with Crippen LogP contribution in [0, 0.1) is 6.92 Å². The second-order valence-electron chi connectivity index (χ2n) is 3.13. The van der Waals surface area contributed by atoms with E-state index in [1.165, 1.54) is 0 Å². The molecule has 0 aliphatic heterocycles. The first-order valence-corrected chi connectivity index (χ1v) is 4.89.